The molecule has 0 saturated carbocycles. The van der Waals surface area contributed by atoms with E-state index >= 15 is 0 Å². The van der Waals surface area contributed by atoms with Crippen molar-refractivity contribution in [2.45, 2.75) is 44.3 Å². The highest BCUT2D eigenvalue weighted by atomic mass is 16.5. The first-order valence-electron chi connectivity index (χ1n) is 8.59. The minimum atomic E-state index is -1.57. The quantitative estimate of drug-likeness (QED) is 0.914. The van der Waals surface area contributed by atoms with Gasteiger partial charge in [-0.2, -0.15) is 0 Å². The van der Waals surface area contributed by atoms with E-state index in [2.05, 4.69) is 4.98 Å². The predicted molar refractivity (Wildman–Crippen MR) is 94.6 cm³/mol. The summed E-state index contributed by atoms with van der Waals surface area (Å²) in [5, 5.41) is 11.5. The van der Waals surface area contributed by atoms with Crippen molar-refractivity contribution in [2.75, 3.05) is 0 Å². The summed E-state index contributed by atoms with van der Waals surface area (Å²) in [6, 6.07) is 11.2. The van der Waals surface area contributed by atoms with Gasteiger partial charge in [0.2, 0.25) is 0 Å². The van der Waals surface area contributed by atoms with Crippen molar-refractivity contribution in [1.29, 1.82) is 0 Å². The molecule has 1 unspecified atom stereocenters. The van der Waals surface area contributed by atoms with Gasteiger partial charge in [0.05, 0.1) is 0 Å². The van der Waals surface area contributed by atoms with E-state index < -0.39 is 5.60 Å². The number of hydrogen-bond donors (Lipinski definition) is 1. The smallest absolute Gasteiger partial charge is 0.198 e. The van der Waals surface area contributed by atoms with Crippen LogP contribution in [0.3, 0.4) is 0 Å². The Kier molecular flexibility index (Phi) is 3.55. The van der Waals surface area contributed by atoms with Gasteiger partial charge < -0.3 is 9.84 Å². The molecule has 4 rings (SSSR count). The van der Waals surface area contributed by atoms with E-state index in [9.17, 15) is 9.90 Å². The van der Waals surface area contributed by atoms with Crippen molar-refractivity contribution in [3.63, 3.8) is 0 Å². The Balaban J connectivity index is 1.86. The predicted octanol–water partition coefficient (Wildman–Crippen LogP) is 3.39. The number of aromatic nitrogens is 1. The summed E-state index contributed by atoms with van der Waals surface area (Å²) in [5.41, 5.74) is 1.04. The Labute approximate surface area is 147 Å². The van der Waals surface area contributed by atoms with Crippen molar-refractivity contribution in [3.8, 4) is 0 Å². The molecule has 4 nitrogen and oxygen atoms in total. The van der Waals surface area contributed by atoms with Crippen LogP contribution in [-0.4, -0.2) is 21.5 Å². The first kappa shape index (κ1) is 16.0. The summed E-state index contributed by atoms with van der Waals surface area (Å²) in [7, 11) is 0. The van der Waals surface area contributed by atoms with Crippen LogP contribution >= 0.6 is 0 Å². The molecule has 2 heterocycles. The normalized spacial score (nSPS) is 24.4. The standard InChI is InChI=1S/C21H21NO3/c1-20(2)10-7-16-18(25-20)15-5-3-4-6-17(15)21(24,19(16)23)13-14-8-11-22-12-9-14/h3-6,8-9,11-12,24H,7,10,13H2,1-2H3. The van der Waals surface area contributed by atoms with Crippen LogP contribution in [-0.2, 0) is 21.6 Å². The van der Waals surface area contributed by atoms with E-state index in [0.29, 0.717) is 23.3 Å². The first-order valence-corrected chi connectivity index (χ1v) is 8.59. The minimum Gasteiger partial charge on any atom is -0.487 e. The van der Waals surface area contributed by atoms with Gasteiger partial charge in [-0.25, -0.2) is 0 Å². The molecule has 1 aromatic heterocycles. The lowest BCUT2D eigenvalue weighted by Gasteiger charge is -2.41. The zero-order valence-electron chi connectivity index (χ0n) is 14.5. The van der Waals surface area contributed by atoms with Crippen LogP contribution in [0.15, 0.2) is 54.4 Å². The van der Waals surface area contributed by atoms with Gasteiger partial charge in [-0.15, -0.1) is 0 Å². The van der Waals surface area contributed by atoms with Crippen molar-refractivity contribution >= 4 is 11.5 Å². The maximum Gasteiger partial charge on any atom is 0.198 e. The molecule has 0 spiro atoms. The fourth-order valence-corrected chi connectivity index (χ4v) is 3.75. The highest BCUT2D eigenvalue weighted by Crippen LogP contribution is 2.47. The molecule has 0 fully saturated rings. The second kappa shape index (κ2) is 5.53. The molecule has 0 saturated heterocycles. The third kappa shape index (κ3) is 2.57. The summed E-state index contributed by atoms with van der Waals surface area (Å²) in [4.78, 5) is 17.3. The summed E-state index contributed by atoms with van der Waals surface area (Å²) in [6.07, 6.45) is 4.95. The zero-order chi connectivity index (χ0) is 17.7. The summed E-state index contributed by atoms with van der Waals surface area (Å²) in [5.74, 6) is 0.393. The van der Waals surface area contributed by atoms with E-state index in [1.54, 1.807) is 12.4 Å². The molecule has 2 aromatic rings. The summed E-state index contributed by atoms with van der Waals surface area (Å²) in [6.45, 7) is 4.06. The van der Waals surface area contributed by atoms with Crippen molar-refractivity contribution in [3.05, 3.63) is 71.1 Å². The van der Waals surface area contributed by atoms with Crippen molar-refractivity contribution in [1.82, 2.24) is 4.98 Å². The number of ether oxygens (including phenoxy) is 1. The number of fused-ring (bicyclic) bond motifs is 2. The average molecular weight is 335 g/mol. The fraction of sp³-hybridized carbons (Fsp3) is 0.333. The van der Waals surface area contributed by atoms with Gasteiger partial charge in [-0.05, 0) is 44.4 Å². The maximum absolute atomic E-state index is 13.3. The fourth-order valence-electron chi connectivity index (χ4n) is 3.75. The Bertz CT molecular complexity index is 870. The molecule has 0 radical (unpaired) electrons. The van der Waals surface area contributed by atoms with Gasteiger partial charge in [0.1, 0.15) is 11.4 Å². The molecule has 1 aliphatic carbocycles. The molecule has 0 amide bonds. The monoisotopic (exact) mass is 335 g/mol. The number of benzene rings is 1. The zero-order valence-corrected chi connectivity index (χ0v) is 14.5. The van der Waals surface area contributed by atoms with Crippen LogP contribution in [0.5, 0.6) is 0 Å². The molecule has 0 bridgehead atoms. The average Bonchev–Trinajstić information content (AvgIpc) is 2.60. The molecule has 128 valence electrons. The first-order chi connectivity index (χ1) is 11.9. The lowest BCUT2D eigenvalue weighted by Crippen LogP contribution is -2.45. The van der Waals surface area contributed by atoms with Gasteiger partial charge in [0.25, 0.3) is 0 Å². The molecule has 1 N–H and O–H groups in total. The van der Waals surface area contributed by atoms with Crippen molar-refractivity contribution in [2.24, 2.45) is 0 Å². The third-order valence-electron chi connectivity index (χ3n) is 5.11. The summed E-state index contributed by atoms with van der Waals surface area (Å²) >= 11 is 0. The summed E-state index contributed by atoms with van der Waals surface area (Å²) < 4.78 is 6.16. The Hall–Kier alpha value is -2.46. The topological polar surface area (TPSA) is 59.4 Å². The number of ketones is 1. The van der Waals surface area contributed by atoms with Gasteiger partial charge >= 0.3 is 0 Å². The number of nitrogens with zero attached hydrogens (tertiary/aromatic N) is 1. The van der Waals surface area contributed by atoms with Crippen LogP contribution in [0.1, 0.15) is 43.4 Å². The van der Waals surface area contributed by atoms with Crippen LogP contribution in [0.25, 0.3) is 5.76 Å². The Morgan fingerprint density at radius 3 is 2.64 bits per heavy atom. The highest BCUT2D eigenvalue weighted by molar-refractivity contribution is 6.10. The molecule has 4 heteroatoms. The van der Waals surface area contributed by atoms with Gasteiger partial charge in [-0.1, -0.05) is 24.3 Å². The number of aliphatic hydroxyl groups is 1. The molecule has 25 heavy (non-hydrogen) atoms. The number of carbonyl (C=O) groups is 1. The molecular formula is C21H21NO3. The lowest BCUT2D eigenvalue weighted by atomic mass is 9.72. The van der Waals surface area contributed by atoms with E-state index in [4.69, 9.17) is 4.74 Å². The number of rotatable bonds is 2. The van der Waals surface area contributed by atoms with Crippen LogP contribution in [0.2, 0.25) is 0 Å². The van der Waals surface area contributed by atoms with Gasteiger partial charge in [-0.3, -0.25) is 9.78 Å². The molecule has 1 atom stereocenters. The van der Waals surface area contributed by atoms with E-state index in [-0.39, 0.29) is 17.8 Å². The minimum absolute atomic E-state index is 0.228. The van der Waals surface area contributed by atoms with Gasteiger partial charge in [0.15, 0.2) is 11.4 Å². The van der Waals surface area contributed by atoms with E-state index in [1.807, 2.05) is 50.2 Å². The molecule has 1 aliphatic heterocycles. The van der Waals surface area contributed by atoms with E-state index in [0.717, 1.165) is 17.5 Å². The largest absolute Gasteiger partial charge is 0.487 e. The van der Waals surface area contributed by atoms with Crippen molar-refractivity contribution < 1.29 is 14.6 Å². The molecule has 2 aliphatic rings. The number of pyridine rings is 1. The number of hydrogen-bond acceptors (Lipinski definition) is 4. The van der Waals surface area contributed by atoms with E-state index in [1.165, 1.54) is 0 Å². The van der Waals surface area contributed by atoms with Crippen LogP contribution < -0.4 is 0 Å². The SMILES string of the molecule is CC1(C)CCC2=C(O1)c1ccccc1C(O)(Cc1ccncc1)C2=O. The highest BCUT2D eigenvalue weighted by Gasteiger charge is 2.48. The molecule has 1 aromatic carbocycles. The van der Waals surface area contributed by atoms with Crippen LogP contribution in [0, 0.1) is 0 Å². The maximum atomic E-state index is 13.3. The number of carbonyl (C=O) groups excluding carboxylic acids is 1. The Morgan fingerprint density at radius 1 is 1.16 bits per heavy atom. The van der Waals surface area contributed by atoms with Crippen LogP contribution in [0.4, 0.5) is 0 Å². The number of Topliss-reactive ketones (excluding diaryl/α,β-unsaturated/α-hetero) is 1. The Morgan fingerprint density at radius 2 is 1.88 bits per heavy atom. The molecular weight excluding hydrogens is 314 g/mol. The lowest BCUT2D eigenvalue weighted by molar-refractivity contribution is -0.135. The second-order valence-corrected chi connectivity index (χ2v) is 7.44. The second-order valence-electron chi connectivity index (χ2n) is 7.44. The third-order valence-corrected chi connectivity index (χ3v) is 5.11. The van der Waals surface area contributed by atoms with Gasteiger partial charge in [0, 0.05) is 35.5 Å².